The van der Waals surface area contributed by atoms with E-state index < -0.39 is 0 Å². The highest BCUT2D eigenvalue weighted by atomic mass is 16.5. The second-order valence-corrected chi connectivity index (χ2v) is 5.53. The highest BCUT2D eigenvalue weighted by molar-refractivity contribution is 5.71. The number of rotatable bonds is 4. The molecular formula is C18H15N5O2. The van der Waals surface area contributed by atoms with Crippen LogP contribution < -0.4 is 10.4 Å². The summed E-state index contributed by atoms with van der Waals surface area (Å²) in [4.78, 5) is 28.1. The van der Waals surface area contributed by atoms with Gasteiger partial charge in [0.1, 0.15) is 5.75 Å². The Morgan fingerprint density at radius 2 is 2.00 bits per heavy atom. The number of fused-ring (bicyclic) bond motifs is 1. The Hall–Kier alpha value is -3.48. The molecule has 1 N–H and O–H groups in total. The van der Waals surface area contributed by atoms with Crippen molar-refractivity contribution in [2.75, 3.05) is 7.11 Å². The van der Waals surface area contributed by atoms with Crippen LogP contribution in [0.1, 0.15) is 5.56 Å². The van der Waals surface area contributed by atoms with E-state index in [2.05, 4.69) is 19.9 Å². The lowest BCUT2D eigenvalue weighted by Crippen LogP contribution is -2.17. The Balaban J connectivity index is 1.73. The summed E-state index contributed by atoms with van der Waals surface area (Å²) in [6.07, 6.45) is 5.09. The number of ether oxygens (including phenoxy) is 1. The molecule has 0 bridgehead atoms. The topological polar surface area (TPSA) is 85.7 Å². The van der Waals surface area contributed by atoms with E-state index >= 15 is 0 Å². The molecule has 1 aromatic carbocycles. The van der Waals surface area contributed by atoms with E-state index in [1.807, 2.05) is 36.4 Å². The second-order valence-electron chi connectivity index (χ2n) is 5.53. The van der Waals surface area contributed by atoms with Gasteiger partial charge in [-0.15, -0.1) is 0 Å². The fourth-order valence-electron chi connectivity index (χ4n) is 2.65. The molecule has 3 aromatic heterocycles. The number of imidazole rings is 1. The molecule has 0 saturated carbocycles. The van der Waals surface area contributed by atoms with Crippen LogP contribution in [-0.2, 0) is 6.54 Å². The van der Waals surface area contributed by atoms with Gasteiger partial charge >= 0.3 is 5.69 Å². The van der Waals surface area contributed by atoms with Crippen LogP contribution in [0.25, 0.3) is 22.6 Å². The molecule has 7 nitrogen and oxygen atoms in total. The maximum Gasteiger partial charge on any atom is 0.329 e. The molecule has 4 rings (SSSR count). The molecule has 124 valence electrons. The number of benzene rings is 1. The lowest BCUT2D eigenvalue weighted by atomic mass is 10.1. The number of pyridine rings is 1. The monoisotopic (exact) mass is 333 g/mol. The van der Waals surface area contributed by atoms with Crippen molar-refractivity contribution in [2.24, 2.45) is 0 Å². The molecule has 0 unspecified atom stereocenters. The maximum atomic E-state index is 12.3. The summed E-state index contributed by atoms with van der Waals surface area (Å²) in [5.41, 5.74) is 3.24. The minimum absolute atomic E-state index is 0.245. The van der Waals surface area contributed by atoms with Crippen molar-refractivity contribution in [1.82, 2.24) is 24.5 Å². The number of methoxy groups -OCH3 is 1. The number of nitrogens with zero attached hydrogens (tertiary/aromatic N) is 4. The van der Waals surface area contributed by atoms with Crippen LogP contribution in [0.2, 0.25) is 0 Å². The van der Waals surface area contributed by atoms with Crippen LogP contribution in [0, 0.1) is 0 Å². The first-order valence-corrected chi connectivity index (χ1v) is 7.73. The van der Waals surface area contributed by atoms with Crippen molar-refractivity contribution < 1.29 is 4.74 Å². The third kappa shape index (κ3) is 2.87. The Morgan fingerprint density at radius 1 is 1.16 bits per heavy atom. The lowest BCUT2D eigenvalue weighted by molar-refractivity contribution is 0.415. The molecule has 4 aromatic rings. The van der Waals surface area contributed by atoms with Gasteiger partial charge in [0.2, 0.25) is 0 Å². The highest BCUT2D eigenvalue weighted by Crippen LogP contribution is 2.21. The molecule has 0 atom stereocenters. The molecule has 0 amide bonds. The van der Waals surface area contributed by atoms with Gasteiger partial charge in [0.25, 0.3) is 0 Å². The minimum atomic E-state index is -0.245. The van der Waals surface area contributed by atoms with Crippen LogP contribution in [-0.4, -0.2) is 31.6 Å². The van der Waals surface area contributed by atoms with E-state index in [4.69, 9.17) is 4.74 Å². The first kappa shape index (κ1) is 15.1. The Labute approximate surface area is 143 Å². The van der Waals surface area contributed by atoms with Crippen LogP contribution >= 0.6 is 0 Å². The summed E-state index contributed by atoms with van der Waals surface area (Å²) >= 11 is 0. The first-order valence-electron chi connectivity index (χ1n) is 7.73. The van der Waals surface area contributed by atoms with Gasteiger partial charge in [0.15, 0.2) is 11.3 Å². The lowest BCUT2D eigenvalue weighted by Gasteiger charge is -2.04. The van der Waals surface area contributed by atoms with Crippen molar-refractivity contribution in [3.05, 3.63) is 71.0 Å². The quantitative estimate of drug-likeness (QED) is 0.619. The minimum Gasteiger partial charge on any atom is -0.497 e. The van der Waals surface area contributed by atoms with Gasteiger partial charge < -0.3 is 4.74 Å². The molecule has 0 fully saturated rings. The zero-order valence-corrected chi connectivity index (χ0v) is 13.5. The Kier molecular flexibility index (Phi) is 3.74. The molecular weight excluding hydrogens is 318 g/mol. The van der Waals surface area contributed by atoms with E-state index in [0.29, 0.717) is 23.5 Å². The molecule has 7 heteroatoms. The van der Waals surface area contributed by atoms with Crippen LogP contribution in [0.15, 0.2) is 59.8 Å². The number of nitrogens with one attached hydrogen (secondary N) is 1. The molecule has 3 heterocycles. The summed E-state index contributed by atoms with van der Waals surface area (Å²) in [5, 5.41) is 0. The summed E-state index contributed by atoms with van der Waals surface area (Å²) in [6, 6.07) is 11.3. The average molecular weight is 333 g/mol. The number of hydrogen-bond donors (Lipinski definition) is 1. The largest absolute Gasteiger partial charge is 0.497 e. The second kappa shape index (κ2) is 6.20. The van der Waals surface area contributed by atoms with Crippen LogP contribution in [0.3, 0.4) is 0 Å². The van der Waals surface area contributed by atoms with E-state index in [9.17, 15) is 4.79 Å². The smallest absolute Gasteiger partial charge is 0.329 e. The van der Waals surface area contributed by atoms with Crippen LogP contribution in [0.4, 0.5) is 0 Å². The Morgan fingerprint density at radius 3 is 2.72 bits per heavy atom. The first-order chi connectivity index (χ1) is 12.2. The van der Waals surface area contributed by atoms with E-state index in [1.165, 1.54) is 0 Å². The standard InChI is InChI=1S/C18H15N5O2/c1-25-14-6-4-13(5-7-14)15-10-20-17-16(21-15)22-18(24)23(17)11-12-3-2-8-19-9-12/h2-10H,11H2,1H3,(H,21,22,24). The van der Waals surface area contributed by atoms with Crippen molar-refractivity contribution in [2.45, 2.75) is 6.54 Å². The number of hydrogen-bond acceptors (Lipinski definition) is 5. The summed E-state index contributed by atoms with van der Waals surface area (Å²) in [5.74, 6) is 0.772. The van der Waals surface area contributed by atoms with Gasteiger partial charge in [-0.1, -0.05) is 6.07 Å². The summed E-state index contributed by atoms with van der Waals surface area (Å²) < 4.78 is 6.71. The SMILES string of the molecule is COc1ccc(-c2cnc3c(n2)[nH]c(=O)n3Cc2cccnc2)cc1. The molecule has 0 aliphatic carbocycles. The molecule has 0 radical (unpaired) electrons. The average Bonchev–Trinajstić information content (AvgIpc) is 2.97. The zero-order chi connectivity index (χ0) is 17.2. The number of aromatic amines is 1. The van der Waals surface area contributed by atoms with Gasteiger partial charge in [-0.25, -0.2) is 14.8 Å². The maximum absolute atomic E-state index is 12.3. The van der Waals surface area contributed by atoms with E-state index in [-0.39, 0.29) is 5.69 Å². The normalized spacial score (nSPS) is 10.9. The van der Waals surface area contributed by atoms with Gasteiger partial charge in [-0.3, -0.25) is 14.5 Å². The van der Waals surface area contributed by atoms with Gasteiger partial charge in [-0.05, 0) is 35.9 Å². The highest BCUT2D eigenvalue weighted by Gasteiger charge is 2.11. The summed E-state index contributed by atoms with van der Waals surface area (Å²) in [6.45, 7) is 0.392. The molecule has 0 spiro atoms. The van der Waals surface area contributed by atoms with Gasteiger partial charge in [0, 0.05) is 18.0 Å². The van der Waals surface area contributed by atoms with E-state index in [0.717, 1.165) is 16.9 Å². The van der Waals surface area contributed by atoms with Crippen molar-refractivity contribution >= 4 is 11.3 Å². The third-order valence-electron chi connectivity index (χ3n) is 3.93. The predicted octanol–water partition coefficient (Wildman–Crippen LogP) is 2.24. The van der Waals surface area contributed by atoms with Gasteiger partial charge in [0.05, 0.1) is 25.5 Å². The Bertz CT molecular complexity index is 1070. The number of aromatic nitrogens is 5. The molecule has 25 heavy (non-hydrogen) atoms. The van der Waals surface area contributed by atoms with Gasteiger partial charge in [-0.2, -0.15) is 0 Å². The molecule has 0 aliphatic rings. The van der Waals surface area contributed by atoms with Crippen molar-refractivity contribution in [1.29, 1.82) is 0 Å². The fraction of sp³-hybridized carbons (Fsp3) is 0.111. The summed E-state index contributed by atoms with van der Waals surface area (Å²) in [7, 11) is 1.62. The number of H-pyrrole nitrogens is 1. The van der Waals surface area contributed by atoms with Crippen molar-refractivity contribution in [3.63, 3.8) is 0 Å². The van der Waals surface area contributed by atoms with Crippen molar-refractivity contribution in [3.8, 4) is 17.0 Å². The zero-order valence-electron chi connectivity index (χ0n) is 13.5. The molecule has 0 saturated heterocycles. The van der Waals surface area contributed by atoms with E-state index in [1.54, 1.807) is 30.3 Å². The fourth-order valence-corrected chi connectivity index (χ4v) is 2.65. The molecule has 0 aliphatic heterocycles. The third-order valence-corrected chi connectivity index (χ3v) is 3.93. The van der Waals surface area contributed by atoms with Crippen LogP contribution in [0.5, 0.6) is 5.75 Å². The predicted molar refractivity (Wildman–Crippen MR) is 93.5 cm³/mol.